The van der Waals surface area contributed by atoms with Gasteiger partial charge in [-0.1, -0.05) is 29.3 Å². The molecule has 0 saturated carbocycles. The average molecular weight is 318 g/mol. The topological polar surface area (TPSA) is 54.9 Å². The quantitative estimate of drug-likeness (QED) is 0.771. The lowest BCUT2D eigenvalue weighted by Gasteiger charge is -2.09. The van der Waals surface area contributed by atoms with Gasteiger partial charge in [0.25, 0.3) is 5.91 Å². The van der Waals surface area contributed by atoms with Crippen LogP contribution in [-0.2, 0) is 0 Å². The van der Waals surface area contributed by atoms with E-state index < -0.39 is 0 Å². The highest BCUT2D eigenvalue weighted by molar-refractivity contribution is 6.34. The van der Waals surface area contributed by atoms with E-state index in [9.17, 15) is 4.79 Å². The van der Waals surface area contributed by atoms with Gasteiger partial charge in [0.15, 0.2) is 0 Å². The van der Waals surface area contributed by atoms with Gasteiger partial charge in [0.1, 0.15) is 0 Å². The number of nitrogens with zero attached hydrogens (tertiary/aromatic N) is 2. The van der Waals surface area contributed by atoms with E-state index in [0.717, 1.165) is 5.39 Å². The Morgan fingerprint density at radius 1 is 1.14 bits per heavy atom. The molecular weight excluding hydrogens is 309 g/mol. The third kappa shape index (κ3) is 2.82. The lowest BCUT2D eigenvalue weighted by atomic mass is 10.2. The van der Waals surface area contributed by atoms with Crippen molar-refractivity contribution < 1.29 is 4.79 Å². The van der Waals surface area contributed by atoms with Crippen molar-refractivity contribution in [2.24, 2.45) is 0 Å². The number of halogens is 2. The van der Waals surface area contributed by atoms with E-state index in [1.54, 1.807) is 24.4 Å². The number of rotatable bonds is 2. The Balaban J connectivity index is 2.02. The highest BCUT2D eigenvalue weighted by Gasteiger charge is 2.13. The number of aromatic nitrogens is 2. The zero-order valence-electron chi connectivity index (χ0n) is 10.7. The van der Waals surface area contributed by atoms with Crippen LogP contribution in [0, 0.1) is 0 Å². The average Bonchev–Trinajstić information content (AvgIpc) is 2.47. The number of benzene rings is 1. The number of fused-ring (bicyclic) bond motifs is 1. The van der Waals surface area contributed by atoms with Crippen molar-refractivity contribution in [3.8, 4) is 0 Å². The van der Waals surface area contributed by atoms with E-state index in [2.05, 4.69) is 15.3 Å². The number of pyridine rings is 2. The molecule has 4 nitrogen and oxygen atoms in total. The molecule has 0 aliphatic heterocycles. The second kappa shape index (κ2) is 5.68. The molecule has 6 heteroatoms. The predicted octanol–water partition coefficient (Wildman–Crippen LogP) is 4.19. The largest absolute Gasteiger partial charge is 0.320 e. The normalized spacial score (nSPS) is 10.6. The molecule has 0 fully saturated rings. The second-order valence-corrected chi connectivity index (χ2v) is 5.18. The van der Waals surface area contributed by atoms with Crippen molar-refractivity contribution in [2.75, 3.05) is 5.32 Å². The van der Waals surface area contributed by atoms with Crippen LogP contribution in [0.1, 0.15) is 10.4 Å². The lowest BCUT2D eigenvalue weighted by Crippen LogP contribution is -2.13. The molecule has 2 aromatic heterocycles. The first-order valence-electron chi connectivity index (χ1n) is 6.10. The van der Waals surface area contributed by atoms with Crippen molar-refractivity contribution in [1.29, 1.82) is 0 Å². The van der Waals surface area contributed by atoms with Gasteiger partial charge in [0.05, 0.1) is 21.8 Å². The van der Waals surface area contributed by atoms with Crippen LogP contribution in [0.5, 0.6) is 0 Å². The van der Waals surface area contributed by atoms with E-state index in [4.69, 9.17) is 23.2 Å². The van der Waals surface area contributed by atoms with Gasteiger partial charge in [-0.2, -0.15) is 0 Å². The van der Waals surface area contributed by atoms with Crippen LogP contribution in [0.25, 0.3) is 10.9 Å². The van der Waals surface area contributed by atoms with E-state index in [-0.39, 0.29) is 5.91 Å². The Morgan fingerprint density at radius 2 is 2.00 bits per heavy atom. The minimum absolute atomic E-state index is 0.295. The van der Waals surface area contributed by atoms with Crippen LogP contribution < -0.4 is 5.32 Å². The van der Waals surface area contributed by atoms with Gasteiger partial charge in [0.2, 0.25) is 0 Å². The van der Waals surface area contributed by atoms with Crippen LogP contribution in [0.2, 0.25) is 10.0 Å². The summed E-state index contributed by atoms with van der Waals surface area (Å²) in [6, 6.07) is 8.68. The summed E-state index contributed by atoms with van der Waals surface area (Å²) in [6.45, 7) is 0. The van der Waals surface area contributed by atoms with Gasteiger partial charge < -0.3 is 5.32 Å². The fraction of sp³-hybridized carbons (Fsp3) is 0. The second-order valence-electron chi connectivity index (χ2n) is 4.34. The summed E-state index contributed by atoms with van der Waals surface area (Å²) < 4.78 is 0. The molecule has 0 aliphatic carbocycles. The van der Waals surface area contributed by atoms with Crippen molar-refractivity contribution in [1.82, 2.24) is 9.97 Å². The van der Waals surface area contributed by atoms with E-state index in [0.29, 0.717) is 26.8 Å². The molecule has 104 valence electrons. The van der Waals surface area contributed by atoms with Gasteiger partial charge >= 0.3 is 0 Å². The van der Waals surface area contributed by atoms with E-state index in [1.807, 2.05) is 12.1 Å². The summed E-state index contributed by atoms with van der Waals surface area (Å²) >= 11 is 12.1. The lowest BCUT2D eigenvalue weighted by molar-refractivity contribution is 0.102. The minimum atomic E-state index is -0.359. The Labute approximate surface area is 130 Å². The first-order chi connectivity index (χ1) is 10.1. The number of anilines is 1. The van der Waals surface area contributed by atoms with Crippen molar-refractivity contribution in [2.45, 2.75) is 0 Å². The molecule has 1 N–H and O–H groups in total. The maximum absolute atomic E-state index is 12.3. The van der Waals surface area contributed by atoms with Crippen LogP contribution in [0.4, 0.5) is 5.69 Å². The zero-order valence-corrected chi connectivity index (χ0v) is 12.2. The Morgan fingerprint density at radius 3 is 2.81 bits per heavy atom. The number of nitrogens with one attached hydrogen (secondary N) is 1. The molecule has 2 heterocycles. The molecule has 3 rings (SSSR count). The summed E-state index contributed by atoms with van der Waals surface area (Å²) in [5.41, 5.74) is 1.49. The van der Waals surface area contributed by atoms with Crippen molar-refractivity contribution >= 4 is 45.7 Å². The van der Waals surface area contributed by atoms with Crippen LogP contribution >= 0.6 is 23.2 Å². The van der Waals surface area contributed by atoms with Gasteiger partial charge in [-0.3, -0.25) is 14.8 Å². The van der Waals surface area contributed by atoms with Crippen LogP contribution in [0.3, 0.4) is 0 Å². The Hall–Kier alpha value is -2.17. The van der Waals surface area contributed by atoms with Gasteiger partial charge in [-0.25, -0.2) is 0 Å². The molecule has 0 saturated heterocycles. The molecule has 21 heavy (non-hydrogen) atoms. The number of carbonyl (C=O) groups excluding carboxylic acids is 1. The molecule has 0 spiro atoms. The zero-order chi connectivity index (χ0) is 14.8. The molecule has 0 aliphatic rings. The minimum Gasteiger partial charge on any atom is -0.320 e. The summed E-state index contributed by atoms with van der Waals surface area (Å²) in [5.74, 6) is -0.359. The molecule has 1 amide bonds. The van der Waals surface area contributed by atoms with Gasteiger partial charge in [-0.15, -0.1) is 0 Å². The summed E-state index contributed by atoms with van der Waals surface area (Å²) in [7, 11) is 0. The molecule has 0 unspecified atom stereocenters. The predicted molar refractivity (Wildman–Crippen MR) is 84.0 cm³/mol. The standard InChI is InChI=1S/C15H9Cl2N3O/c16-10-6-9-2-1-4-19-14(9)13(7-10)20-15(21)11-8-18-5-3-12(11)17/h1-8H,(H,20,21). The number of hydrogen-bond acceptors (Lipinski definition) is 3. The molecule has 0 bridgehead atoms. The highest BCUT2D eigenvalue weighted by atomic mass is 35.5. The molecule has 3 aromatic rings. The van der Waals surface area contributed by atoms with E-state index >= 15 is 0 Å². The number of carbonyl (C=O) groups is 1. The molecule has 0 radical (unpaired) electrons. The van der Waals surface area contributed by atoms with Gasteiger partial charge in [0, 0.05) is 29.0 Å². The Bertz CT molecular complexity index is 836. The van der Waals surface area contributed by atoms with Crippen LogP contribution in [-0.4, -0.2) is 15.9 Å². The van der Waals surface area contributed by atoms with E-state index in [1.165, 1.54) is 12.4 Å². The maximum Gasteiger partial charge on any atom is 0.258 e. The third-order valence-corrected chi connectivity index (χ3v) is 3.48. The Kier molecular flexibility index (Phi) is 3.73. The number of amides is 1. The smallest absolute Gasteiger partial charge is 0.258 e. The first kappa shape index (κ1) is 13.8. The van der Waals surface area contributed by atoms with Crippen LogP contribution in [0.15, 0.2) is 48.9 Å². The summed E-state index contributed by atoms with van der Waals surface area (Å²) in [6.07, 6.45) is 4.59. The summed E-state index contributed by atoms with van der Waals surface area (Å²) in [5, 5.41) is 4.47. The van der Waals surface area contributed by atoms with Crippen molar-refractivity contribution in [3.05, 3.63) is 64.5 Å². The molecular formula is C15H9Cl2N3O. The molecule has 1 aromatic carbocycles. The number of hydrogen-bond donors (Lipinski definition) is 1. The van der Waals surface area contributed by atoms with Crippen molar-refractivity contribution in [3.63, 3.8) is 0 Å². The maximum atomic E-state index is 12.3. The summed E-state index contributed by atoms with van der Waals surface area (Å²) in [4.78, 5) is 20.5. The monoisotopic (exact) mass is 317 g/mol. The fourth-order valence-electron chi connectivity index (χ4n) is 1.99. The third-order valence-electron chi connectivity index (χ3n) is 2.93. The first-order valence-corrected chi connectivity index (χ1v) is 6.86. The highest BCUT2D eigenvalue weighted by Crippen LogP contribution is 2.27. The molecule has 0 atom stereocenters. The van der Waals surface area contributed by atoms with Gasteiger partial charge in [-0.05, 0) is 24.3 Å². The fourth-order valence-corrected chi connectivity index (χ4v) is 2.40. The SMILES string of the molecule is O=C(Nc1cc(Cl)cc2cccnc12)c1cnccc1Cl.